The fourth-order valence-electron chi connectivity index (χ4n) is 1.68. The summed E-state index contributed by atoms with van der Waals surface area (Å²) < 4.78 is 0.853. The van der Waals surface area contributed by atoms with Crippen LogP contribution in [0.4, 0.5) is 10.5 Å². The van der Waals surface area contributed by atoms with Gasteiger partial charge in [0.05, 0.1) is 0 Å². The molecule has 19 heavy (non-hydrogen) atoms. The maximum absolute atomic E-state index is 11.7. The number of rotatable bonds is 5. The van der Waals surface area contributed by atoms with Crippen molar-refractivity contribution in [1.29, 1.82) is 0 Å². The third-order valence-corrected chi connectivity index (χ3v) is 2.94. The Balaban J connectivity index is 2.66. The fourth-order valence-corrected chi connectivity index (χ4v) is 2.29. The van der Waals surface area contributed by atoms with Gasteiger partial charge >= 0.3 is 12.0 Å². The average Bonchev–Trinajstić information content (AvgIpc) is 2.26. The van der Waals surface area contributed by atoms with E-state index in [0.29, 0.717) is 18.5 Å². The molecule has 0 aliphatic heterocycles. The molecule has 3 N–H and O–H groups in total. The van der Waals surface area contributed by atoms with Crippen molar-refractivity contribution in [3.8, 4) is 0 Å². The molecule has 0 radical (unpaired) electrons. The second-order valence-electron chi connectivity index (χ2n) is 4.30. The zero-order valence-electron chi connectivity index (χ0n) is 10.9. The molecule has 2 amide bonds. The molecule has 0 aliphatic carbocycles. The highest BCUT2D eigenvalue weighted by molar-refractivity contribution is 9.10. The molecule has 0 saturated heterocycles. The number of halogens is 1. The highest BCUT2D eigenvalue weighted by atomic mass is 79.9. The molecular weight excluding hydrogens is 312 g/mol. The summed E-state index contributed by atoms with van der Waals surface area (Å²) in [6.45, 7) is 3.78. The standard InChI is InChI=1S/C13H17BrN2O3/c1-3-4-11(12(17)18)16-13(19)15-10-6-8(2)5-9(14)7-10/h5-7,11H,3-4H2,1-2H3,(H,17,18)(H2,15,16,19). The van der Waals surface area contributed by atoms with Gasteiger partial charge in [-0.3, -0.25) is 0 Å². The highest BCUT2D eigenvalue weighted by Crippen LogP contribution is 2.18. The lowest BCUT2D eigenvalue weighted by molar-refractivity contribution is -0.139. The summed E-state index contributed by atoms with van der Waals surface area (Å²) in [7, 11) is 0. The van der Waals surface area contributed by atoms with Crippen molar-refractivity contribution in [2.45, 2.75) is 32.7 Å². The number of aliphatic carboxylic acids is 1. The number of benzene rings is 1. The van der Waals surface area contributed by atoms with Gasteiger partial charge in [-0.05, 0) is 37.1 Å². The van der Waals surface area contributed by atoms with Gasteiger partial charge in [-0.1, -0.05) is 29.3 Å². The number of hydrogen-bond donors (Lipinski definition) is 3. The summed E-state index contributed by atoms with van der Waals surface area (Å²) >= 11 is 3.34. The molecule has 1 unspecified atom stereocenters. The number of nitrogens with one attached hydrogen (secondary N) is 2. The van der Waals surface area contributed by atoms with Gasteiger partial charge in [0.2, 0.25) is 0 Å². The van der Waals surface area contributed by atoms with E-state index >= 15 is 0 Å². The minimum absolute atomic E-state index is 0.403. The van der Waals surface area contributed by atoms with Crippen molar-refractivity contribution in [2.24, 2.45) is 0 Å². The van der Waals surface area contributed by atoms with Crippen molar-refractivity contribution in [3.63, 3.8) is 0 Å². The van der Waals surface area contributed by atoms with Crippen molar-refractivity contribution < 1.29 is 14.7 Å². The lowest BCUT2D eigenvalue weighted by Crippen LogP contribution is -2.42. The van der Waals surface area contributed by atoms with Crippen LogP contribution in [0.3, 0.4) is 0 Å². The molecule has 1 rings (SSSR count). The van der Waals surface area contributed by atoms with Gasteiger partial charge in [0.25, 0.3) is 0 Å². The zero-order valence-corrected chi connectivity index (χ0v) is 12.5. The second kappa shape index (κ2) is 7.13. The van der Waals surface area contributed by atoms with Crippen LogP contribution in [0.1, 0.15) is 25.3 Å². The van der Waals surface area contributed by atoms with Crippen LogP contribution in [-0.2, 0) is 4.79 Å². The number of anilines is 1. The molecule has 5 nitrogen and oxygen atoms in total. The van der Waals surface area contributed by atoms with Crippen LogP contribution >= 0.6 is 15.9 Å². The molecule has 0 fully saturated rings. The Labute approximate surface area is 120 Å². The van der Waals surface area contributed by atoms with E-state index in [1.807, 2.05) is 19.9 Å². The maximum Gasteiger partial charge on any atom is 0.326 e. The van der Waals surface area contributed by atoms with Crippen molar-refractivity contribution in [2.75, 3.05) is 5.32 Å². The van der Waals surface area contributed by atoms with E-state index in [0.717, 1.165) is 10.0 Å². The van der Waals surface area contributed by atoms with Crippen LogP contribution in [0.15, 0.2) is 22.7 Å². The Morgan fingerprint density at radius 3 is 2.58 bits per heavy atom. The van der Waals surface area contributed by atoms with Gasteiger partial charge in [-0.25, -0.2) is 9.59 Å². The second-order valence-corrected chi connectivity index (χ2v) is 5.21. The molecule has 6 heteroatoms. The molecule has 0 spiro atoms. The lowest BCUT2D eigenvalue weighted by atomic mass is 10.2. The SMILES string of the molecule is CCCC(NC(=O)Nc1cc(C)cc(Br)c1)C(=O)O. The molecular formula is C13H17BrN2O3. The van der Waals surface area contributed by atoms with Crippen LogP contribution in [0.5, 0.6) is 0 Å². The third kappa shape index (κ3) is 5.30. The monoisotopic (exact) mass is 328 g/mol. The quantitative estimate of drug-likeness (QED) is 0.776. The minimum Gasteiger partial charge on any atom is -0.480 e. The highest BCUT2D eigenvalue weighted by Gasteiger charge is 2.18. The number of urea groups is 1. The average molecular weight is 329 g/mol. The first-order chi connectivity index (χ1) is 8.92. The number of amides is 2. The van der Waals surface area contributed by atoms with E-state index in [4.69, 9.17) is 5.11 Å². The fraction of sp³-hybridized carbons (Fsp3) is 0.385. The van der Waals surface area contributed by atoms with Crippen LogP contribution in [0.25, 0.3) is 0 Å². The van der Waals surface area contributed by atoms with Crippen LogP contribution in [0, 0.1) is 6.92 Å². The number of hydrogen-bond acceptors (Lipinski definition) is 2. The van der Waals surface area contributed by atoms with Crippen molar-refractivity contribution >= 4 is 33.6 Å². The maximum atomic E-state index is 11.7. The topological polar surface area (TPSA) is 78.4 Å². The molecule has 1 atom stereocenters. The largest absolute Gasteiger partial charge is 0.480 e. The van der Waals surface area contributed by atoms with E-state index in [1.165, 1.54) is 0 Å². The van der Waals surface area contributed by atoms with Crippen LogP contribution in [0.2, 0.25) is 0 Å². The number of carbonyl (C=O) groups is 2. The zero-order chi connectivity index (χ0) is 14.4. The van der Waals surface area contributed by atoms with Crippen molar-refractivity contribution in [3.05, 3.63) is 28.2 Å². The molecule has 0 aromatic heterocycles. The molecule has 0 heterocycles. The van der Waals surface area contributed by atoms with Gasteiger partial charge in [0, 0.05) is 10.2 Å². The molecule has 0 aliphatic rings. The minimum atomic E-state index is -1.03. The molecule has 1 aromatic carbocycles. The van der Waals surface area contributed by atoms with Crippen LogP contribution < -0.4 is 10.6 Å². The lowest BCUT2D eigenvalue weighted by Gasteiger charge is -2.14. The Bertz CT molecular complexity index is 457. The normalized spacial score (nSPS) is 11.7. The first-order valence-corrected chi connectivity index (χ1v) is 6.79. The van der Waals surface area contributed by atoms with Gasteiger partial charge < -0.3 is 15.7 Å². The van der Waals surface area contributed by atoms with Gasteiger partial charge in [0.1, 0.15) is 6.04 Å². The van der Waals surface area contributed by atoms with E-state index < -0.39 is 18.0 Å². The predicted octanol–water partition coefficient (Wildman–Crippen LogP) is 3.13. The van der Waals surface area contributed by atoms with E-state index in [2.05, 4.69) is 26.6 Å². The Morgan fingerprint density at radius 2 is 2.05 bits per heavy atom. The molecule has 0 saturated carbocycles. The molecule has 104 valence electrons. The number of carboxylic acid groups (broad SMARTS) is 1. The predicted molar refractivity (Wildman–Crippen MR) is 77.4 cm³/mol. The summed E-state index contributed by atoms with van der Waals surface area (Å²) in [4.78, 5) is 22.7. The van der Waals surface area contributed by atoms with E-state index in [-0.39, 0.29) is 0 Å². The van der Waals surface area contributed by atoms with Gasteiger partial charge in [0.15, 0.2) is 0 Å². The number of carboxylic acids is 1. The molecule has 1 aromatic rings. The third-order valence-electron chi connectivity index (χ3n) is 2.48. The Morgan fingerprint density at radius 1 is 1.37 bits per heavy atom. The number of aryl methyl sites for hydroxylation is 1. The van der Waals surface area contributed by atoms with Crippen molar-refractivity contribution in [1.82, 2.24) is 5.32 Å². The summed E-state index contributed by atoms with van der Waals surface area (Å²) in [6, 6.07) is 4.10. The van der Waals surface area contributed by atoms with Crippen LogP contribution in [-0.4, -0.2) is 23.1 Å². The Hall–Kier alpha value is -1.56. The van der Waals surface area contributed by atoms with E-state index in [1.54, 1.807) is 12.1 Å². The summed E-state index contributed by atoms with van der Waals surface area (Å²) in [5.41, 5.74) is 1.61. The van der Waals surface area contributed by atoms with E-state index in [9.17, 15) is 9.59 Å². The summed E-state index contributed by atoms with van der Waals surface area (Å²) in [5, 5.41) is 14.0. The van der Waals surface area contributed by atoms with Gasteiger partial charge in [-0.15, -0.1) is 0 Å². The van der Waals surface area contributed by atoms with Gasteiger partial charge in [-0.2, -0.15) is 0 Å². The first kappa shape index (κ1) is 15.5. The summed E-state index contributed by atoms with van der Waals surface area (Å²) in [5.74, 6) is -1.03. The smallest absolute Gasteiger partial charge is 0.326 e. The summed E-state index contributed by atoms with van der Waals surface area (Å²) in [6.07, 6.45) is 1.09. The first-order valence-electron chi connectivity index (χ1n) is 6.00. The number of carbonyl (C=O) groups excluding carboxylic acids is 1. The Kier molecular flexibility index (Phi) is 5.82. The molecule has 0 bridgehead atoms.